The molecule has 0 amide bonds. The van der Waals surface area contributed by atoms with Crippen LogP contribution in [0.2, 0.25) is 0 Å². The van der Waals surface area contributed by atoms with Gasteiger partial charge < -0.3 is 4.74 Å². The molecule has 1 fully saturated rings. The van der Waals surface area contributed by atoms with Gasteiger partial charge in [-0.1, -0.05) is 65.7 Å². The molecular weight excluding hydrogens is 679 g/mol. The summed E-state index contributed by atoms with van der Waals surface area (Å²) >= 11 is 0. The van der Waals surface area contributed by atoms with Crippen molar-refractivity contribution in [1.82, 2.24) is 4.90 Å². The first-order valence-corrected chi connectivity index (χ1v) is 21.1. The lowest BCUT2D eigenvalue weighted by Gasteiger charge is -2.43. The molecule has 56 heavy (non-hydrogen) atoms. The maximum Gasteiger partial charge on any atom is 0.0995 e. The van der Waals surface area contributed by atoms with Crippen LogP contribution in [0, 0.1) is 5.92 Å². The minimum atomic E-state index is -0.0827. The highest BCUT2D eigenvalue weighted by Gasteiger charge is 2.63. The monoisotopic (exact) mass is 707 g/mol. The van der Waals surface area contributed by atoms with E-state index in [0.29, 0.717) is 12.6 Å². The Kier molecular flexibility index (Phi) is 3.46. The molecule has 0 bridgehead atoms. The van der Waals surface area contributed by atoms with Crippen molar-refractivity contribution in [2.45, 2.75) is 37.6 Å². The van der Waals surface area contributed by atoms with Crippen LogP contribution in [-0.4, -0.2) is 24.8 Å². The summed E-state index contributed by atoms with van der Waals surface area (Å²) in [7, 11) is 0. The van der Waals surface area contributed by atoms with E-state index in [1.165, 1.54) is 37.9 Å². The summed E-state index contributed by atoms with van der Waals surface area (Å²) in [4.78, 5) is 2.80. The number of benzene rings is 10. The molecule has 1 aliphatic heterocycles. The second-order valence-corrected chi connectivity index (χ2v) is 19.1. The van der Waals surface area contributed by atoms with Gasteiger partial charge in [0.2, 0.25) is 0 Å². The van der Waals surface area contributed by atoms with Crippen LogP contribution in [0.3, 0.4) is 0 Å². The highest BCUT2D eigenvalue weighted by molar-refractivity contribution is 6.63. The average molecular weight is 708 g/mol. The molecule has 0 aromatic heterocycles. The molecule has 1 spiro atoms. The third-order valence-corrected chi connectivity index (χ3v) is 17.5. The Labute approximate surface area is 317 Å². The summed E-state index contributed by atoms with van der Waals surface area (Å²) in [5.74, 6) is 0.420. The first-order chi connectivity index (χ1) is 27.7. The molecule has 4 aliphatic carbocycles. The molecule has 14 aromatic rings. The minimum absolute atomic E-state index is 0.0827. The lowest BCUT2D eigenvalue weighted by atomic mass is 9.59. The molecule has 0 saturated carbocycles. The second kappa shape index (κ2) is 7.41. The van der Waals surface area contributed by atoms with Gasteiger partial charge in [-0.15, -0.1) is 0 Å². The number of rotatable bonds is 4. The summed E-state index contributed by atoms with van der Waals surface area (Å²) < 4.78 is 6.51. The van der Waals surface area contributed by atoms with Gasteiger partial charge in [0.1, 0.15) is 0 Å². The van der Waals surface area contributed by atoms with Crippen LogP contribution in [0.1, 0.15) is 41.6 Å². The highest BCUT2D eigenvalue weighted by Crippen LogP contribution is 2.70. The van der Waals surface area contributed by atoms with Crippen LogP contribution in [0.25, 0.3) is 140 Å². The van der Waals surface area contributed by atoms with Crippen molar-refractivity contribution < 1.29 is 4.74 Å². The molecular formula is C54H29NO. The Bertz CT molecular complexity index is 4330. The number of hydrogen-bond donors (Lipinski definition) is 0. The van der Waals surface area contributed by atoms with Gasteiger partial charge in [-0.2, -0.15) is 0 Å². The largest absolute Gasteiger partial charge is 0.366 e. The molecule has 14 aromatic carbocycles. The molecule has 19 rings (SSSR count). The van der Waals surface area contributed by atoms with Crippen molar-refractivity contribution in [2.75, 3.05) is 19.9 Å². The summed E-state index contributed by atoms with van der Waals surface area (Å²) in [6.07, 6.45) is 3.30. The Morgan fingerprint density at radius 1 is 0.571 bits per heavy atom. The Balaban J connectivity index is 1.15. The van der Waals surface area contributed by atoms with Gasteiger partial charge in [-0.3, -0.25) is 4.90 Å². The van der Waals surface area contributed by atoms with E-state index < -0.39 is 0 Å². The third-order valence-electron chi connectivity index (χ3n) is 17.5. The van der Waals surface area contributed by atoms with Crippen LogP contribution < -0.4 is 10.4 Å². The zero-order chi connectivity index (χ0) is 35.1. The Hall–Kier alpha value is -5.80. The quantitative estimate of drug-likeness (QED) is 0.169. The van der Waals surface area contributed by atoms with E-state index in [0.717, 1.165) is 32.4 Å². The van der Waals surface area contributed by atoms with Gasteiger partial charge >= 0.3 is 0 Å². The van der Waals surface area contributed by atoms with Crippen LogP contribution in [-0.2, 0) is 23.0 Å². The summed E-state index contributed by atoms with van der Waals surface area (Å²) in [6.45, 7) is 4.61. The molecule has 2 nitrogen and oxygen atoms in total. The third kappa shape index (κ3) is 2.10. The number of likely N-dealkylation sites (tertiary alicyclic amines) is 1. The molecule has 1 heterocycles. The fourth-order valence-corrected chi connectivity index (χ4v) is 16.4. The van der Waals surface area contributed by atoms with Crippen molar-refractivity contribution in [1.29, 1.82) is 0 Å². The van der Waals surface area contributed by atoms with Crippen molar-refractivity contribution in [3.63, 3.8) is 0 Å². The predicted molar refractivity (Wildman–Crippen MR) is 233 cm³/mol. The topological polar surface area (TPSA) is 12.5 Å². The van der Waals surface area contributed by atoms with E-state index in [4.69, 9.17) is 4.74 Å². The highest BCUT2D eigenvalue weighted by atomic mass is 16.5. The smallest absolute Gasteiger partial charge is 0.0995 e. The van der Waals surface area contributed by atoms with Gasteiger partial charge in [-0.25, -0.2) is 0 Å². The van der Waals surface area contributed by atoms with Crippen LogP contribution >= 0.6 is 0 Å². The number of hydrogen-bond acceptors (Lipinski definition) is 2. The predicted octanol–water partition coefficient (Wildman–Crippen LogP) is 11.2. The van der Waals surface area contributed by atoms with Crippen molar-refractivity contribution in [3.8, 4) is 0 Å². The summed E-state index contributed by atoms with van der Waals surface area (Å²) in [5.41, 5.74) is 9.76. The maximum atomic E-state index is 6.51. The van der Waals surface area contributed by atoms with Gasteiger partial charge in [0, 0.05) is 30.5 Å². The van der Waals surface area contributed by atoms with E-state index in [1.807, 2.05) is 0 Å². The Morgan fingerprint density at radius 2 is 1.20 bits per heavy atom. The lowest BCUT2D eigenvalue weighted by Crippen LogP contribution is -2.44. The summed E-state index contributed by atoms with van der Waals surface area (Å²) in [5, 5.41) is 40.8. The van der Waals surface area contributed by atoms with Gasteiger partial charge in [-0.05, 0) is 206 Å². The van der Waals surface area contributed by atoms with E-state index in [9.17, 15) is 0 Å². The zero-order valence-electron chi connectivity index (χ0n) is 30.7. The Morgan fingerprint density at radius 3 is 1.98 bits per heavy atom. The van der Waals surface area contributed by atoms with Crippen LogP contribution in [0.15, 0.2) is 72.8 Å². The van der Waals surface area contributed by atoms with E-state index in [2.05, 4.69) is 84.6 Å². The molecule has 5 aliphatic rings. The maximum absolute atomic E-state index is 6.51. The minimum Gasteiger partial charge on any atom is -0.366 e. The van der Waals surface area contributed by atoms with E-state index in [1.54, 1.807) is 135 Å². The lowest BCUT2D eigenvalue weighted by molar-refractivity contribution is 0.0199. The first kappa shape index (κ1) is 26.1. The number of ether oxygens (including phenoxy) is 1. The van der Waals surface area contributed by atoms with Gasteiger partial charge in [0.25, 0.3) is 0 Å². The molecule has 0 radical (unpaired) electrons. The second-order valence-electron chi connectivity index (χ2n) is 19.1. The summed E-state index contributed by atoms with van der Waals surface area (Å²) in [6, 6.07) is 29.6. The molecule has 3 unspecified atom stereocenters. The van der Waals surface area contributed by atoms with Crippen molar-refractivity contribution >= 4 is 140 Å². The fourth-order valence-electron chi connectivity index (χ4n) is 16.4. The van der Waals surface area contributed by atoms with E-state index in [-0.39, 0.29) is 11.5 Å². The molecule has 2 heteroatoms. The number of fused-ring (bicyclic) bond motifs is 2. The van der Waals surface area contributed by atoms with Crippen molar-refractivity contribution in [2.24, 2.45) is 5.92 Å². The van der Waals surface area contributed by atoms with Gasteiger partial charge in [0.15, 0.2) is 0 Å². The van der Waals surface area contributed by atoms with Crippen LogP contribution in [0.5, 0.6) is 0 Å². The number of nitrogens with zero attached hydrogens (tertiary/aromatic N) is 1. The van der Waals surface area contributed by atoms with E-state index >= 15 is 0 Å². The normalized spacial score (nSPS) is 23.3. The fraction of sp³-hybridized carbons (Fsp3) is 0.185. The SMILES string of the molecule is CCOCN1CC2C3=c4c5c6c7c(cc8cc9cc%10cc%11cc%12c%13c(c4c4c5c5c7c8c7c9c%10c8c%11c%13c4c8c75)=C(C3)C%12)CC62C1c1cccc2ccccc12. The molecule has 1 saturated heterocycles. The average Bonchev–Trinajstić information content (AvgIpc) is 4.07. The standard InChI is InChI=1S/C54H29NO/c1-2-56-19-55-18-31-30-16-26-14-23-12-24-11-21-10-22-13-25-15-27-17-54(31,53(55)29-9-5-7-20-6-3-4-8-28(20)29)52-38(27)43-37(25)42-33(22)32(21)40-36(24)41-34(23)35(26)44-39(30)51(52)50-48(43)46(42)45(40)47(41)49(44)50/h3-13,15,31,53H,2,14,16-19H2,1H3. The molecule has 0 N–H and O–H groups in total. The molecule has 256 valence electrons. The molecule has 3 atom stereocenters. The van der Waals surface area contributed by atoms with Crippen LogP contribution in [0.4, 0.5) is 0 Å². The zero-order valence-corrected chi connectivity index (χ0v) is 30.7. The first-order valence-electron chi connectivity index (χ1n) is 21.1. The van der Waals surface area contributed by atoms with Crippen molar-refractivity contribution in [3.05, 3.63) is 105 Å². The van der Waals surface area contributed by atoms with Gasteiger partial charge in [0.05, 0.1) is 6.73 Å².